The summed E-state index contributed by atoms with van der Waals surface area (Å²) in [6, 6.07) is 27.0. The number of anilines is 1. The van der Waals surface area contributed by atoms with Crippen LogP contribution in [0, 0.1) is 6.92 Å². The third-order valence-corrected chi connectivity index (χ3v) is 10.2. The number of sulfonamides is 1. The summed E-state index contributed by atoms with van der Waals surface area (Å²) < 4.78 is 29.8. The van der Waals surface area contributed by atoms with Crippen molar-refractivity contribution in [2.24, 2.45) is 0 Å². The number of hydrogen-bond acceptors (Lipinski definition) is 4. The second kappa shape index (κ2) is 15.4. The zero-order valence-corrected chi connectivity index (χ0v) is 29.7. The van der Waals surface area contributed by atoms with Crippen molar-refractivity contribution < 1.29 is 18.0 Å². The summed E-state index contributed by atoms with van der Waals surface area (Å²) in [5.74, 6) is -0.979. The number of aryl methyl sites for hydroxylation is 2. The minimum atomic E-state index is -4.22. The topological polar surface area (TPSA) is 86.8 Å². The van der Waals surface area contributed by atoms with Crippen LogP contribution < -0.4 is 9.62 Å². The molecule has 2 amide bonds. The zero-order chi connectivity index (χ0) is 34.4. The van der Waals surface area contributed by atoms with E-state index in [1.165, 1.54) is 17.0 Å². The number of hydrogen-bond donors (Lipinski definition) is 1. The molecule has 47 heavy (non-hydrogen) atoms. The number of carbonyl (C=O) groups is 2. The molecule has 0 bridgehead atoms. The Morgan fingerprint density at radius 2 is 1.43 bits per heavy atom. The Kier molecular flexibility index (Phi) is 11.8. The molecule has 1 atom stereocenters. The lowest BCUT2D eigenvalue weighted by atomic mass is 10.0. The molecule has 4 rings (SSSR count). The monoisotopic (exact) mass is 693 g/mol. The minimum Gasteiger partial charge on any atom is -0.350 e. The van der Waals surface area contributed by atoms with Crippen LogP contribution in [0.4, 0.5) is 5.69 Å². The molecule has 0 aromatic heterocycles. The number of halogens is 2. The second-order valence-electron chi connectivity index (χ2n) is 12.5. The first-order valence-electron chi connectivity index (χ1n) is 15.5. The Hall–Kier alpha value is -3.85. The maximum atomic E-state index is 14.7. The van der Waals surface area contributed by atoms with Crippen LogP contribution in [0.2, 0.25) is 10.0 Å². The third kappa shape index (κ3) is 9.15. The van der Waals surface area contributed by atoms with Crippen LogP contribution >= 0.6 is 23.2 Å². The number of para-hydroxylation sites is 1. The van der Waals surface area contributed by atoms with E-state index in [-0.39, 0.29) is 23.8 Å². The quantitative estimate of drug-likeness (QED) is 0.165. The molecule has 0 aliphatic rings. The highest BCUT2D eigenvalue weighted by molar-refractivity contribution is 7.92. The molecule has 10 heteroatoms. The molecule has 1 N–H and O–H groups in total. The van der Waals surface area contributed by atoms with Gasteiger partial charge >= 0.3 is 0 Å². The van der Waals surface area contributed by atoms with Gasteiger partial charge < -0.3 is 10.2 Å². The van der Waals surface area contributed by atoms with E-state index in [0.717, 1.165) is 21.0 Å². The number of rotatable bonds is 12. The van der Waals surface area contributed by atoms with Crippen molar-refractivity contribution in [2.45, 2.75) is 70.5 Å². The molecule has 0 spiro atoms. The Bertz CT molecular complexity index is 1790. The highest BCUT2D eigenvalue weighted by Gasteiger charge is 2.36. The van der Waals surface area contributed by atoms with E-state index in [1.807, 2.05) is 77.1 Å². The van der Waals surface area contributed by atoms with Gasteiger partial charge in [-0.15, -0.1) is 0 Å². The van der Waals surface area contributed by atoms with Crippen molar-refractivity contribution in [3.63, 3.8) is 0 Å². The summed E-state index contributed by atoms with van der Waals surface area (Å²) in [7, 11) is -4.22. The van der Waals surface area contributed by atoms with E-state index >= 15 is 0 Å². The van der Waals surface area contributed by atoms with Crippen LogP contribution in [-0.4, -0.2) is 43.3 Å². The van der Waals surface area contributed by atoms with Crippen LogP contribution in [0.5, 0.6) is 0 Å². The van der Waals surface area contributed by atoms with Gasteiger partial charge in [-0.05, 0) is 75.6 Å². The SMILES string of the molecule is CCc1ccccc1N(CC(=O)N(Cc1c(Cl)cccc1Cl)[C@@H](Cc1ccccc1)C(=O)NC(C)(C)C)S(=O)(=O)c1ccc(C)cc1. The normalized spacial score (nSPS) is 12.3. The molecule has 0 saturated carbocycles. The fraction of sp³-hybridized carbons (Fsp3) is 0.297. The van der Waals surface area contributed by atoms with E-state index in [4.69, 9.17) is 23.2 Å². The summed E-state index contributed by atoms with van der Waals surface area (Å²) in [6.45, 7) is 8.69. The lowest BCUT2D eigenvalue weighted by Crippen LogP contribution is -2.56. The molecule has 0 fully saturated rings. The highest BCUT2D eigenvalue weighted by Crippen LogP contribution is 2.31. The van der Waals surface area contributed by atoms with Crippen molar-refractivity contribution in [1.29, 1.82) is 0 Å². The van der Waals surface area contributed by atoms with Gasteiger partial charge in [-0.25, -0.2) is 8.42 Å². The number of nitrogens with zero attached hydrogens (tertiary/aromatic N) is 2. The van der Waals surface area contributed by atoms with Crippen LogP contribution in [-0.2, 0) is 39.0 Å². The molecular formula is C37H41Cl2N3O4S. The summed E-state index contributed by atoms with van der Waals surface area (Å²) in [5.41, 5.74) is 2.71. The van der Waals surface area contributed by atoms with Crippen LogP contribution in [0.15, 0.2) is 102 Å². The largest absolute Gasteiger partial charge is 0.350 e. The number of nitrogens with one attached hydrogen (secondary N) is 1. The predicted octanol–water partition coefficient (Wildman–Crippen LogP) is 7.61. The Morgan fingerprint density at radius 3 is 2.02 bits per heavy atom. The molecule has 0 aliphatic heterocycles. The fourth-order valence-electron chi connectivity index (χ4n) is 5.26. The summed E-state index contributed by atoms with van der Waals surface area (Å²) in [5, 5.41) is 3.67. The zero-order valence-electron chi connectivity index (χ0n) is 27.3. The average molecular weight is 695 g/mol. The lowest BCUT2D eigenvalue weighted by Gasteiger charge is -2.36. The van der Waals surface area contributed by atoms with Gasteiger partial charge in [-0.2, -0.15) is 0 Å². The van der Waals surface area contributed by atoms with Crippen LogP contribution in [0.1, 0.15) is 49.9 Å². The first-order valence-corrected chi connectivity index (χ1v) is 17.7. The molecule has 4 aromatic rings. The molecule has 7 nitrogen and oxygen atoms in total. The maximum Gasteiger partial charge on any atom is 0.264 e. The highest BCUT2D eigenvalue weighted by atomic mass is 35.5. The van der Waals surface area contributed by atoms with E-state index in [1.54, 1.807) is 42.5 Å². The molecule has 0 aliphatic carbocycles. The first-order chi connectivity index (χ1) is 22.2. The Labute approximate surface area is 288 Å². The lowest BCUT2D eigenvalue weighted by molar-refractivity contribution is -0.140. The minimum absolute atomic E-state index is 0.0498. The average Bonchev–Trinajstić information content (AvgIpc) is 3.02. The summed E-state index contributed by atoms with van der Waals surface area (Å²) >= 11 is 13.2. The fourth-order valence-corrected chi connectivity index (χ4v) is 7.23. The smallest absolute Gasteiger partial charge is 0.264 e. The molecular weight excluding hydrogens is 653 g/mol. The third-order valence-electron chi connectivity index (χ3n) is 7.69. The molecule has 0 unspecified atom stereocenters. The van der Waals surface area contributed by atoms with E-state index < -0.39 is 34.1 Å². The van der Waals surface area contributed by atoms with Gasteiger partial charge in [0.25, 0.3) is 10.0 Å². The Morgan fingerprint density at radius 1 is 0.830 bits per heavy atom. The molecule has 4 aromatic carbocycles. The number of amides is 2. The van der Waals surface area contributed by atoms with Gasteiger partial charge in [0.2, 0.25) is 11.8 Å². The second-order valence-corrected chi connectivity index (χ2v) is 15.2. The summed E-state index contributed by atoms with van der Waals surface area (Å²) in [4.78, 5) is 30.3. The Balaban J connectivity index is 1.88. The van der Waals surface area contributed by atoms with Crippen molar-refractivity contribution >= 4 is 50.7 Å². The predicted molar refractivity (Wildman–Crippen MR) is 190 cm³/mol. The van der Waals surface area contributed by atoms with Gasteiger partial charge in [0.15, 0.2) is 0 Å². The van der Waals surface area contributed by atoms with Crippen molar-refractivity contribution in [3.8, 4) is 0 Å². The van der Waals surface area contributed by atoms with E-state index in [0.29, 0.717) is 27.7 Å². The maximum absolute atomic E-state index is 14.7. The molecule has 0 heterocycles. The standard InChI is InChI=1S/C37H41Cl2N3O4S/c1-6-28-15-10-11-18-33(28)42(47(45,46)29-21-19-26(2)20-22-29)25-35(43)41(24-30-31(38)16-12-17-32(30)39)34(36(44)40-37(3,4)5)23-27-13-8-7-9-14-27/h7-22,34H,6,23-25H2,1-5H3,(H,40,44)/t34-/m0/s1. The molecule has 0 saturated heterocycles. The van der Waals surface area contributed by atoms with E-state index in [2.05, 4.69) is 5.32 Å². The first kappa shape index (κ1) is 36.0. The molecule has 248 valence electrons. The van der Waals surface area contributed by atoms with Gasteiger partial charge in [-0.3, -0.25) is 13.9 Å². The number of benzene rings is 4. The number of carbonyl (C=O) groups excluding carboxylic acids is 2. The van der Waals surface area contributed by atoms with Crippen molar-refractivity contribution in [1.82, 2.24) is 10.2 Å². The van der Waals surface area contributed by atoms with Crippen LogP contribution in [0.25, 0.3) is 0 Å². The van der Waals surface area contributed by atoms with Gasteiger partial charge in [0.05, 0.1) is 10.6 Å². The van der Waals surface area contributed by atoms with Crippen molar-refractivity contribution in [2.75, 3.05) is 10.8 Å². The van der Waals surface area contributed by atoms with E-state index in [9.17, 15) is 18.0 Å². The summed E-state index contributed by atoms with van der Waals surface area (Å²) in [6.07, 6.45) is 0.709. The molecule has 0 radical (unpaired) electrons. The van der Waals surface area contributed by atoms with Crippen LogP contribution in [0.3, 0.4) is 0 Å². The van der Waals surface area contributed by atoms with Gasteiger partial charge in [0.1, 0.15) is 12.6 Å². The van der Waals surface area contributed by atoms with Gasteiger partial charge in [-0.1, -0.05) is 102 Å². The van der Waals surface area contributed by atoms with Crippen molar-refractivity contribution in [3.05, 3.63) is 129 Å². The van der Waals surface area contributed by atoms with Gasteiger partial charge in [0, 0.05) is 34.1 Å².